The van der Waals surface area contributed by atoms with Crippen molar-refractivity contribution in [1.82, 2.24) is 4.98 Å². The first-order valence-corrected chi connectivity index (χ1v) is 6.33. The van der Waals surface area contributed by atoms with Gasteiger partial charge in [-0.05, 0) is 62.9 Å². The highest BCUT2D eigenvalue weighted by Gasteiger charge is 2.16. The largest absolute Gasteiger partial charge is 0.478 e. The molecule has 0 bridgehead atoms. The molecule has 0 unspecified atom stereocenters. The van der Waals surface area contributed by atoms with Crippen molar-refractivity contribution < 1.29 is 9.90 Å². The lowest BCUT2D eigenvalue weighted by atomic mass is 9.92. The van der Waals surface area contributed by atoms with Gasteiger partial charge in [0.15, 0.2) is 0 Å². The number of carbonyl (C=O) groups is 1. The minimum atomic E-state index is -0.889. The maximum atomic E-state index is 11.2. The number of hydrogen-bond acceptors (Lipinski definition) is 1. The Morgan fingerprint density at radius 3 is 1.95 bits per heavy atom. The molecule has 0 radical (unpaired) electrons. The molecule has 2 rings (SSSR count). The molecule has 0 aliphatic heterocycles. The lowest BCUT2D eigenvalue weighted by Gasteiger charge is -2.14. The number of H-pyrrole nitrogens is 1. The summed E-state index contributed by atoms with van der Waals surface area (Å²) in [6, 6.07) is 3.90. The average Bonchev–Trinajstić information content (AvgIpc) is 2.69. The van der Waals surface area contributed by atoms with Crippen LogP contribution in [0.5, 0.6) is 0 Å². The fourth-order valence-electron chi connectivity index (χ4n) is 2.54. The van der Waals surface area contributed by atoms with E-state index in [0.717, 1.165) is 11.3 Å². The molecule has 0 saturated carbocycles. The molecule has 0 spiro atoms. The maximum Gasteiger partial charge on any atom is 0.337 e. The van der Waals surface area contributed by atoms with E-state index in [1.165, 1.54) is 22.3 Å². The SMILES string of the molecule is Cc1cc(C)c(C)c(-c2cc(C(=O)O)c(C)[nH]2)c1C. The number of nitrogens with one attached hydrogen (secondary N) is 1. The molecule has 2 N–H and O–H groups in total. The number of carboxylic acids is 1. The highest BCUT2D eigenvalue weighted by atomic mass is 16.4. The second-order valence-electron chi connectivity index (χ2n) is 5.16. The van der Waals surface area contributed by atoms with Gasteiger partial charge in [-0.15, -0.1) is 0 Å². The standard InChI is InChI=1S/C16H19NO2/c1-8-6-9(2)11(4)15(10(8)3)14-7-13(16(18)19)12(5)17-14/h6-7,17H,1-5H3,(H,18,19). The Balaban J connectivity index is 2.72. The van der Waals surface area contributed by atoms with Crippen LogP contribution in [0.4, 0.5) is 0 Å². The summed E-state index contributed by atoms with van der Waals surface area (Å²) in [7, 11) is 0. The van der Waals surface area contributed by atoms with Crippen LogP contribution in [0, 0.1) is 34.6 Å². The van der Waals surface area contributed by atoms with Crippen LogP contribution < -0.4 is 0 Å². The van der Waals surface area contributed by atoms with Gasteiger partial charge >= 0.3 is 5.97 Å². The molecule has 0 saturated heterocycles. The molecule has 100 valence electrons. The van der Waals surface area contributed by atoms with Gasteiger partial charge in [0.1, 0.15) is 0 Å². The van der Waals surface area contributed by atoms with Gasteiger partial charge in [-0.1, -0.05) is 6.07 Å². The molecule has 1 aromatic heterocycles. The van der Waals surface area contributed by atoms with Crippen molar-refractivity contribution in [1.29, 1.82) is 0 Å². The quantitative estimate of drug-likeness (QED) is 0.856. The first-order valence-electron chi connectivity index (χ1n) is 6.33. The number of aromatic nitrogens is 1. The minimum absolute atomic E-state index is 0.341. The third-order valence-electron chi connectivity index (χ3n) is 3.88. The Kier molecular flexibility index (Phi) is 3.23. The van der Waals surface area contributed by atoms with Gasteiger partial charge in [0, 0.05) is 17.0 Å². The van der Waals surface area contributed by atoms with Crippen molar-refractivity contribution in [2.45, 2.75) is 34.6 Å². The lowest BCUT2D eigenvalue weighted by Crippen LogP contribution is -1.95. The second-order valence-corrected chi connectivity index (χ2v) is 5.16. The number of aryl methyl sites for hydroxylation is 3. The van der Waals surface area contributed by atoms with Crippen molar-refractivity contribution in [2.75, 3.05) is 0 Å². The van der Waals surface area contributed by atoms with E-state index < -0.39 is 5.97 Å². The number of carboxylic acid groups (broad SMARTS) is 1. The molecule has 0 amide bonds. The average molecular weight is 257 g/mol. The number of aromatic carboxylic acids is 1. The summed E-state index contributed by atoms with van der Waals surface area (Å²) in [6.45, 7) is 10.1. The zero-order chi connectivity index (χ0) is 14.3. The topological polar surface area (TPSA) is 53.1 Å². The van der Waals surface area contributed by atoms with Gasteiger partial charge in [-0.2, -0.15) is 0 Å². The lowest BCUT2D eigenvalue weighted by molar-refractivity contribution is 0.0696. The summed E-state index contributed by atoms with van der Waals surface area (Å²) in [4.78, 5) is 14.3. The predicted molar refractivity (Wildman–Crippen MR) is 76.9 cm³/mol. The molecule has 3 heteroatoms. The summed E-state index contributed by atoms with van der Waals surface area (Å²) in [5, 5.41) is 9.15. The van der Waals surface area contributed by atoms with Crippen LogP contribution in [0.15, 0.2) is 12.1 Å². The first-order chi connectivity index (χ1) is 8.82. The van der Waals surface area contributed by atoms with Gasteiger partial charge in [0.2, 0.25) is 0 Å². The molecule has 0 aliphatic carbocycles. The van der Waals surface area contributed by atoms with Gasteiger partial charge in [-0.3, -0.25) is 0 Å². The van der Waals surface area contributed by atoms with Gasteiger partial charge in [0.05, 0.1) is 5.56 Å². The third-order valence-corrected chi connectivity index (χ3v) is 3.88. The second kappa shape index (κ2) is 4.57. The zero-order valence-corrected chi connectivity index (χ0v) is 12.0. The molecule has 3 nitrogen and oxygen atoms in total. The van der Waals surface area contributed by atoms with E-state index in [1.807, 2.05) is 0 Å². The Hall–Kier alpha value is -2.03. The van der Waals surface area contributed by atoms with Gasteiger partial charge < -0.3 is 10.1 Å². The predicted octanol–water partition coefficient (Wildman–Crippen LogP) is 3.92. The summed E-state index contributed by atoms with van der Waals surface area (Å²) in [6.07, 6.45) is 0. The Morgan fingerprint density at radius 1 is 1.00 bits per heavy atom. The summed E-state index contributed by atoms with van der Waals surface area (Å²) < 4.78 is 0. The molecule has 0 fully saturated rings. The van der Waals surface area contributed by atoms with Crippen LogP contribution in [0.1, 0.15) is 38.3 Å². The van der Waals surface area contributed by atoms with Crippen LogP contribution in [0.2, 0.25) is 0 Å². The van der Waals surface area contributed by atoms with Crippen LogP contribution in [0.3, 0.4) is 0 Å². The molecule has 1 heterocycles. The molecule has 0 aliphatic rings. The fourth-order valence-corrected chi connectivity index (χ4v) is 2.54. The van der Waals surface area contributed by atoms with E-state index in [9.17, 15) is 4.79 Å². The monoisotopic (exact) mass is 257 g/mol. The van der Waals surface area contributed by atoms with Gasteiger partial charge in [0.25, 0.3) is 0 Å². The zero-order valence-electron chi connectivity index (χ0n) is 12.0. The highest BCUT2D eigenvalue weighted by Crippen LogP contribution is 2.32. The molecule has 1 aromatic carbocycles. The third kappa shape index (κ3) is 2.16. The minimum Gasteiger partial charge on any atom is -0.478 e. The summed E-state index contributed by atoms with van der Waals surface area (Å²) >= 11 is 0. The number of aromatic amines is 1. The molecule has 2 aromatic rings. The van der Waals surface area contributed by atoms with Crippen LogP contribution in [-0.2, 0) is 0 Å². The van der Waals surface area contributed by atoms with E-state index in [0.29, 0.717) is 11.3 Å². The van der Waals surface area contributed by atoms with Crippen molar-refractivity contribution in [2.24, 2.45) is 0 Å². The van der Waals surface area contributed by atoms with Crippen molar-refractivity contribution in [3.63, 3.8) is 0 Å². The van der Waals surface area contributed by atoms with Crippen molar-refractivity contribution in [3.8, 4) is 11.3 Å². The fraction of sp³-hybridized carbons (Fsp3) is 0.312. The smallest absolute Gasteiger partial charge is 0.337 e. The maximum absolute atomic E-state index is 11.2. The number of benzene rings is 1. The molecular weight excluding hydrogens is 238 g/mol. The van der Waals surface area contributed by atoms with Crippen molar-refractivity contribution >= 4 is 5.97 Å². The van der Waals surface area contributed by atoms with E-state index in [2.05, 4.69) is 38.7 Å². The number of rotatable bonds is 2. The molecule has 19 heavy (non-hydrogen) atoms. The van der Waals surface area contributed by atoms with E-state index in [-0.39, 0.29) is 0 Å². The molecular formula is C16H19NO2. The number of hydrogen-bond donors (Lipinski definition) is 2. The summed E-state index contributed by atoms with van der Waals surface area (Å²) in [5.41, 5.74) is 7.88. The van der Waals surface area contributed by atoms with Crippen LogP contribution in [0.25, 0.3) is 11.3 Å². The summed E-state index contributed by atoms with van der Waals surface area (Å²) in [5.74, 6) is -0.889. The first kappa shape index (κ1) is 13.4. The van der Waals surface area contributed by atoms with E-state index in [4.69, 9.17) is 5.11 Å². The van der Waals surface area contributed by atoms with Crippen LogP contribution >= 0.6 is 0 Å². The van der Waals surface area contributed by atoms with E-state index >= 15 is 0 Å². The normalized spacial score (nSPS) is 10.8. The molecule has 0 atom stereocenters. The Labute approximate surface area is 113 Å². The Morgan fingerprint density at radius 2 is 1.53 bits per heavy atom. The Bertz CT molecular complexity index is 640. The highest BCUT2D eigenvalue weighted by molar-refractivity contribution is 5.91. The van der Waals surface area contributed by atoms with Crippen LogP contribution in [-0.4, -0.2) is 16.1 Å². The van der Waals surface area contributed by atoms with E-state index in [1.54, 1.807) is 13.0 Å². The van der Waals surface area contributed by atoms with Gasteiger partial charge in [-0.25, -0.2) is 4.79 Å². The van der Waals surface area contributed by atoms with Crippen molar-refractivity contribution in [3.05, 3.63) is 45.6 Å².